The minimum Gasteiger partial charge on any atom is -0.433 e. The molecule has 2 rings (SSSR count). The second-order valence-electron chi connectivity index (χ2n) is 4.30. The highest BCUT2D eigenvalue weighted by Crippen LogP contribution is 2.33. The van der Waals surface area contributed by atoms with E-state index in [9.17, 15) is 4.79 Å². The Morgan fingerprint density at radius 1 is 1.42 bits per heavy atom. The number of halogens is 2. The van der Waals surface area contributed by atoms with E-state index in [2.05, 4.69) is 46.6 Å². The summed E-state index contributed by atoms with van der Waals surface area (Å²) in [5, 5.41) is 6.52. The predicted octanol–water partition coefficient (Wildman–Crippen LogP) is 3.94. The summed E-state index contributed by atoms with van der Waals surface area (Å²) in [4.78, 5) is 11.7. The molecule has 1 aromatic carbocycles. The lowest BCUT2D eigenvalue weighted by Crippen LogP contribution is -2.09. The molecule has 100 valence electrons. The van der Waals surface area contributed by atoms with E-state index in [0.29, 0.717) is 5.75 Å². The van der Waals surface area contributed by atoms with Crippen LogP contribution in [0.5, 0.6) is 11.6 Å². The zero-order valence-electron chi connectivity index (χ0n) is 10.4. The van der Waals surface area contributed by atoms with E-state index in [1.165, 1.54) is 6.07 Å². The van der Waals surface area contributed by atoms with Gasteiger partial charge in [-0.15, -0.1) is 5.10 Å². The summed E-state index contributed by atoms with van der Waals surface area (Å²) >= 11 is 7.83. The van der Waals surface area contributed by atoms with Crippen LogP contribution in [0.2, 0.25) is 5.15 Å². The third kappa shape index (κ3) is 3.27. The van der Waals surface area contributed by atoms with Crippen molar-refractivity contribution in [3.05, 3.63) is 48.8 Å². The molecule has 0 fully saturated rings. The summed E-state index contributed by atoms with van der Waals surface area (Å²) in [6, 6.07) is 7.11. The summed E-state index contributed by atoms with van der Waals surface area (Å²) in [5.74, 6) is 0.949. The zero-order valence-corrected chi connectivity index (χ0v) is 13.3. The SMILES string of the molecule is CC(C)c1cccc(I)c1Oc1n[nH]c(Cl)cc1=O. The Labute approximate surface area is 129 Å². The lowest BCUT2D eigenvalue weighted by molar-refractivity contribution is 0.439. The molecule has 0 saturated carbocycles. The number of nitrogens with zero attached hydrogens (tertiary/aromatic N) is 1. The Morgan fingerprint density at radius 2 is 2.16 bits per heavy atom. The van der Waals surface area contributed by atoms with Crippen molar-refractivity contribution < 1.29 is 4.74 Å². The summed E-state index contributed by atoms with van der Waals surface area (Å²) in [7, 11) is 0. The van der Waals surface area contributed by atoms with Gasteiger partial charge in [0.15, 0.2) is 0 Å². The molecule has 4 nitrogen and oxygen atoms in total. The van der Waals surface area contributed by atoms with Gasteiger partial charge >= 0.3 is 0 Å². The van der Waals surface area contributed by atoms with Gasteiger partial charge < -0.3 is 4.74 Å². The van der Waals surface area contributed by atoms with Crippen LogP contribution in [0, 0.1) is 3.57 Å². The van der Waals surface area contributed by atoms with Crippen LogP contribution in [0.4, 0.5) is 0 Å². The summed E-state index contributed by atoms with van der Waals surface area (Å²) in [6.07, 6.45) is 0. The van der Waals surface area contributed by atoms with Crippen molar-refractivity contribution >= 4 is 34.2 Å². The number of hydrogen-bond donors (Lipinski definition) is 1. The van der Waals surface area contributed by atoms with Gasteiger partial charge in [0.2, 0.25) is 5.43 Å². The summed E-state index contributed by atoms with van der Waals surface area (Å²) in [5.41, 5.74) is 0.682. The maximum Gasteiger partial charge on any atom is 0.285 e. The van der Waals surface area contributed by atoms with E-state index in [1.807, 2.05) is 18.2 Å². The lowest BCUT2D eigenvalue weighted by Gasteiger charge is -2.14. The molecule has 0 bridgehead atoms. The van der Waals surface area contributed by atoms with Gasteiger partial charge in [0.05, 0.1) is 3.57 Å². The van der Waals surface area contributed by atoms with Gasteiger partial charge in [0, 0.05) is 6.07 Å². The molecule has 0 aliphatic rings. The Balaban J connectivity index is 2.46. The molecule has 0 spiro atoms. The molecule has 0 saturated heterocycles. The fourth-order valence-corrected chi connectivity index (χ4v) is 2.40. The molecule has 0 radical (unpaired) electrons. The molecule has 1 N–H and O–H groups in total. The van der Waals surface area contributed by atoms with Crippen molar-refractivity contribution in [3.8, 4) is 11.6 Å². The second kappa shape index (κ2) is 5.92. The van der Waals surface area contributed by atoms with Crippen LogP contribution in [0.3, 0.4) is 0 Å². The monoisotopic (exact) mass is 390 g/mol. The molecular weight excluding hydrogens is 379 g/mol. The smallest absolute Gasteiger partial charge is 0.285 e. The molecular formula is C13H12ClIN2O2. The van der Waals surface area contributed by atoms with Crippen LogP contribution in [0.25, 0.3) is 0 Å². The largest absolute Gasteiger partial charge is 0.433 e. The number of hydrogen-bond acceptors (Lipinski definition) is 3. The van der Waals surface area contributed by atoms with Crippen LogP contribution in [0.15, 0.2) is 29.1 Å². The van der Waals surface area contributed by atoms with Crippen molar-refractivity contribution in [2.45, 2.75) is 19.8 Å². The maximum absolute atomic E-state index is 11.7. The fraction of sp³-hybridized carbons (Fsp3) is 0.231. The third-order valence-electron chi connectivity index (χ3n) is 2.55. The summed E-state index contributed by atoms with van der Waals surface area (Å²) < 4.78 is 6.60. The standard InChI is InChI=1S/C13H12ClIN2O2/c1-7(2)8-4-3-5-9(15)12(8)19-13-10(18)6-11(14)16-17-13/h3-7H,1-2H3,(H,16,18). The van der Waals surface area contributed by atoms with Crippen LogP contribution in [-0.4, -0.2) is 10.2 Å². The average Bonchev–Trinajstić information content (AvgIpc) is 2.34. The first kappa shape index (κ1) is 14.3. The number of H-pyrrole nitrogens is 1. The Hall–Kier alpha value is -1.08. The van der Waals surface area contributed by atoms with Gasteiger partial charge in [0.1, 0.15) is 10.9 Å². The average molecular weight is 391 g/mol. The van der Waals surface area contributed by atoms with Crippen molar-refractivity contribution in [1.29, 1.82) is 0 Å². The highest BCUT2D eigenvalue weighted by atomic mass is 127. The van der Waals surface area contributed by atoms with Crippen molar-refractivity contribution in [2.75, 3.05) is 0 Å². The van der Waals surface area contributed by atoms with E-state index in [0.717, 1.165) is 9.13 Å². The quantitative estimate of drug-likeness (QED) is 0.808. The van der Waals surface area contributed by atoms with E-state index < -0.39 is 0 Å². The van der Waals surface area contributed by atoms with E-state index in [1.54, 1.807) is 0 Å². The highest BCUT2D eigenvalue weighted by molar-refractivity contribution is 14.1. The van der Waals surface area contributed by atoms with Gasteiger partial charge in [-0.2, -0.15) is 0 Å². The molecule has 1 aromatic heterocycles. The third-order valence-corrected chi connectivity index (χ3v) is 3.59. The Bertz CT molecular complexity index is 655. The first-order valence-corrected chi connectivity index (χ1v) is 7.16. The highest BCUT2D eigenvalue weighted by Gasteiger charge is 2.14. The van der Waals surface area contributed by atoms with Gasteiger partial charge in [0.25, 0.3) is 5.88 Å². The van der Waals surface area contributed by atoms with Crippen LogP contribution in [0.1, 0.15) is 25.3 Å². The number of nitrogens with one attached hydrogen (secondary N) is 1. The van der Waals surface area contributed by atoms with Crippen molar-refractivity contribution in [3.63, 3.8) is 0 Å². The predicted molar refractivity (Wildman–Crippen MR) is 83.2 cm³/mol. The van der Waals surface area contributed by atoms with Crippen LogP contribution < -0.4 is 10.2 Å². The number of aromatic nitrogens is 2. The summed E-state index contributed by atoms with van der Waals surface area (Å²) in [6.45, 7) is 4.13. The molecule has 1 heterocycles. The molecule has 0 amide bonds. The molecule has 0 aliphatic carbocycles. The van der Waals surface area contributed by atoms with Crippen LogP contribution >= 0.6 is 34.2 Å². The van der Waals surface area contributed by atoms with Gasteiger partial charge in [-0.3, -0.25) is 9.89 Å². The molecule has 19 heavy (non-hydrogen) atoms. The number of para-hydroxylation sites is 1. The van der Waals surface area contributed by atoms with Crippen molar-refractivity contribution in [2.24, 2.45) is 0 Å². The Kier molecular flexibility index (Phi) is 4.46. The van der Waals surface area contributed by atoms with E-state index in [-0.39, 0.29) is 22.4 Å². The van der Waals surface area contributed by atoms with E-state index in [4.69, 9.17) is 16.3 Å². The molecule has 2 aromatic rings. The fourth-order valence-electron chi connectivity index (χ4n) is 1.63. The van der Waals surface area contributed by atoms with Crippen molar-refractivity contribution in [1.82, 2.24) is 10.2 Å². The lowest BCUT2D eigenvalue weighted by atomic mass is 10.0. The first-order valence-electron chi connectivity index (χ1n) is 5.70. The van der Waals surface area contributed by atoms with Gasteiger partial charge in [-0.25, -0.2) is 0 Å². The Morgan fingerprint density at radius 3 is 2.79 bits per heavy atom. The normalized spacial score (nSPS) is 10.8. The topological polar surface area (TPSA) is 55.0 Å². The van der Waals surface area contributed by atoms with Gasteiger partial charge in [-0.1, -0.05) is 37.6 Å². The molecule has 0 atom stereocenters. The number of rotatable bonds is 3. The number of ether oxygens (including phenoxy) is 1. The maximum atomic E-state index is 11.7. The molecule has 0 aliphatic heterocycles. The molecule has 6 heteroatoms. The molecule has 0 unspecified atom stereocenters. The minimum atomic E-state index is -0.349. The van der Waals surface area contributed by atoms with Crippen LogP contribution in [-0.2, 0) is 0 Å². The first-order chi connectivity index (χ1) is 8.99. The zero-order chi connectivity index (χ0) is 14.0. The minimum absolute atomic E-state index is 0.00424. The number of benzene rings is 1. The van der Waals surface area contributed by atoms with E-state index >= 15 is 0 Å². The second-order valence-corrected chi connectivity index (χ2v) is 5.87. The van der Waals surface area contributed by atoms with Gasteiger partial charge in [-0.05, 0) is 40.1 Å². The number of aromatic amines is 1.